The number of aromatic nitrogens is 5. The molecule has 0 aliphatic carbocycles. The molecular formula is C20H21N7O2. The monoisotopic (exact) mass is 391 g/mol. The van der Waals surface area contributed by atoms with E-state index in [1.54, 1.807) is 13.3 Å². The number of hydrogen-bond acceptors (Lipinski definition) is 6. The second kappa shape index (κ2) is 6.77. The molecule has 4 heterocycles. The van der Waals surface area contributed by atoms with Crippen molar-refractivity contribution in [1.29, 1.82) is 0 Å². The van der Waals surface area contributed by atoms with Crippen LogP contribution in [0.15, 0.2) is 36.7 Å². The molecule has 1 N–H and O–H groups in total. The van der Waals surface area contributed by atoms with Gasteiger partial charge in [-0.15, -0.1) is 10.2 Å². The molecule has 1 aliphatic rings. The first-order valence-electron chi connectivity index (χ1n) is 9.51. The number of carbonyl (C=O) groups is 1. The Kier molecular flexibility index (Phi) is 4.08. The number of methoxy groups -OCH3 is 1. The minimum atomic E-state index is 0.00399. The van der Waals surface area contributed by atoms with Gasteiger partial charge >= 0.3 is 0 Å². The van der Waals surface area contributed by atoms with Gasteiger partial charge in [-0.1, -0.05) is 0 Å². The van der Waals surface area contributed by atoms with Gasteiger partial charge in [-0.2, -0.15) is 0 Å². The molecule has 0 bridgehead atoms. The Morgan fingerprint density at radius 2 is 1.97 bits per heavy atom. The summed E-state index contributed by atoms with van der Waals surface area (Å²) in [6, 6.07) is 7.64. The van der Waals surface area contributed by atoms with Crippen molar-refractivity contribution in [2.24, 2.45) is 0 Å². The summed E-state index contributed by atoms with van der Waals surface area (Å²) < 4.78 is 7.19. The summed E-state index contributed by atoms with van der Waals surface area (Å²) in [6.07, 6.45) is 3.62. The predicted molar refractivity (Wildman–Crippen MR) is 108 cm³/mol. The molecule has 0 unspecified atom stereocenters. The van der Waals surface area contributed by atoms with E-state index in [1.807, 2.05) is 46.7 Å². The number of benzene rings is 1. The number of amides is 1. The second-order valence-electron chi connectivity index (χ2n) is 7.11. The fraction of sp³-hybridized carbons (Fsp3) is 0.300. The lowest BCUT2D eigenvalue weighted by atomic mass is 10.2. The largest absolute Gasteiger partial charge is 0.497 e. The maximum absolute atomic E-state index is 13.0. The fourth-order valence-corrected chi connectivity index (χ4v) is 3.79. The summed E-state index contributed by atoms with van der Waals surface area (Å²) in [5.74, 6) is 2.40. The summed E-state index contributed by atoms with van der Waals surface area (Å²) in [5, 5.41) is 9.37. The number of H-pyrrole nitrogens is 1. The molecule has 4 aromatic rings. The molecule has 9 heteroatoms. The third-order valence-corrected chi connectivity index (χ3v) is 5.41. The van der Waals surface area contributed by atoms with Crippen molar-refractivity contribution < 1.29 is 9.53 Å². The van der Waals surface area contributed by atoms with Crippen LogP contribution in [0.25, 0.3) is 16.6 Å². The van der Waals surface area contributed by atoms with E-state index in [0.29, 0.717) is 31.9 Å². The molecule has 0 atom stereocenters. The maximum Gasteiger partial charge on any atom is 0.270 e. The number of anilines is 1. The van der Waals surface area contributed by atoms with E-state index in [9.17, 15) is 4.79 Å². The third kappa shape index (κ3) is 2.95. The lowest BCUT2D eigenvalue weighted by Gasteiger charge is -2.35. The van der Waals surface area contributed by atoms with Gasteiger partial charge < -0.3 is 19.5 Å². The number of nitrogens with zero attached hydrogens (tertiary/aromatic N) is 6. The molecular weight excluding hydrogens is 370 g/mol. The lowest BCUT2D eigenvalue weighted by molar-refractivity contribution is 0.0741. The molecule has 1 saturated heterocycles. The van der Waals surface area contributed by atoms with E-state index >= 15 is 0 Å². The van der Waals surface area contributed by atoms with Gasteiger partial charge in [-0.25, -0.2) is 4.98 Å². The van der Waals surface area contributed by atoms with E-state index in [0.717, 1.165) is 33.9 Å². The highest BCUT2D eigenvalue weighted by Crippen LogP contribution is 2.23. The van der Waals surface area contributed by atoms with Crippen LogP contribution in [0.4, 0.5) is 5.82 Å². The Bertz CT molecular complexity index is 1200. The SMILES string of the molecule is COc1ccc2cc(C(=O)N3CCN(c4nccn5c(C)nnc45)CC3)[nH]c2c1. The van der Waals surface area contributed by atoms with E-state index in [1.165, 1.54) is 0 Å². The first-order chi connectivity index (χ1) is 14.1. The Hall–Kier alpha value is -3.62. The van der Waals surface area contributed by atoms with Crippen LogP contribution in [0.2, 0.25) is 0 Å². The van der Waals surface area contributed by atoms with Crippen molar-refractivity contribution in [2.75, 3.05) is 38.2 Å². The van der Waals surface area contributed by atoms with Crippen molar-refractivity contribution in [3.8, 4) is 5.75 Å². The van der Waals surface area contributed by atoms with Crippen LogP contribution < -0.4 is 9.64 Å². The summed E-state index contributed by atoms with van der Waals surface area (Å²) in [5.41, 5.74) is 2.23. The van der Waals surface area contributed by atoms with Crippen LogP contribution in [0.3, 0.4) is 0 Å². The van der Waals surface area contributed by atoms with Gasteiger partial charge in [0, 0.05) is 55.5 Å². The minimum absolute atomic E-state index is 0.00399. The molecule has 0 saturated carbocycles. The third-order valence-electron chi connectivity index (χ3n) is 5.41. The minimum Gasteiger partial charge on any atom is -0.497 e. The summed E-state index contributed by atoms with van der Waals surface area (Å²) in [4.78, 5) is 24.7. The van der Waals surface area contributed by atoms with Gasteiger partial charge in [-0.3, -0.25) is 9.20 Å². The van der Waals surface area contributed by atoms with E-state index in [2.05, 4.69) is 25.1 Å². The molecule has 9 nitrogen and oxygen atoms in total. The van der Waals surface area contributed by atoms with Gasteiger partial charge in [0.2, 0.25) is 5.65 Å². The Labute approximate surface area is 166 Å². The van der Waals surface area contributed by atoms with Crippen molar-refractivity contribution in [3.05, 3.63) is 48.2 Å². The van der Waals surface area contributed by atoms with Crippen LogP contribution in [0.5, 0.6) is 5.75 Å². The number of piperazine rings is 1. The Morgan fingerprint density at radius 3 is 2.76 bits per heavy atom. The van der Waals surface area contributed by atoms with E-state index in [4.69, 9.17) is 4.74 Å². The number of hydrogen-bond donors (Lipinski definition) is 1. The van der Waals surface area contributed by atoms with Crippen molar-refractivity contribution in [1.82, 2.24) is 29.5 Å². The molecule has 0 radical (unpaired) electrons. The number of carbonyl (C=O) groups excluding carboxylic acids is 1. The molecule has 148 valence electrons. The normalized spacial score (nSPS) is 14.7. The first-order valence-corrected chi connectivity index (χ1v) is 9.51. The quantitative estimate of drug-likeness (QED) is 0.573. The number of rotatable bonds is 3. The van der Waals surface area contributed by atoms with Gasteiger partial charge in [0.1, 0.15) is 17.3 Å². The number of nitrogens with one attached hydrogen (secondary N) is 1. The molecule has 5 rings (SSSR count). The standard InChI is InChI=1S/C20H21N7O2/c1-13-23-24-19-18(21-5-6-27(13)19)25-7-9-26(10-8-25)20(28)17-11-14-3-4-15(29-2)12-16(14)22-17/h3-6,11-12,22H,7-10H2,1-2H3. The van der Waals surface area contributed by atoms with Crippen LogP contribution in [0.1, 0.15) is 16.3 Å². The summed E-state index contributed by atoms with van der Waals surface area (Å²) in [7, 11) is 1.63. The van der Waals surface area contributed by atoms with E-state index in [-0.39, 0.29) is 5.91 Å². The first kappa shape index (κ1) is 17.5. The van der Waals surface area contributed by atoms with Crippen molar-refractivity contribution >= 4 is 28.3 Å². The Balaban J connectivity index is 1.33. The van der Waals surface area contributed by atoms with Crippen LogP contribution in [-0.4, -0.2) is 68.7 Å². The number of aryl methyl sites for hydroxylation is 1. The van der Waals surface area contributed by atoms with Crippen LogP contribution >= 0.6 is 0 Å². The van der Waals surface area contributed by atoms with Crippen LogP contribution in [0, 0.1) is 6.92 Å². The van der Waals surface area contributed by atoms with Crippen molar-refractivity contribution in [2.45, 2.75) is 6.92 Å². The fourth-order valence-electron chi connectivity index (χ4n) is 3.79. The summed E-state index contributed by atoms with van der Waals surface area (Å²) in [6.45, 7) is 4.54. The molecule has 1 fully saturated rings. The smallest absolute Gasteiger partial charge is 0.270 e. The molecule has 1 aromatic carbocycles. The molecule has 3 aromatic heterocycles. The average molecular weight is 391 g/mol. The zero-order valence-corrected chi connectivity index (χ0v) is 16.3. The van der Waals surface area contributed by atoms with E-state index < -0.39 is 0 Å². The molecule has 1 amide bonds. The zero-order valence-electron chi connectivity index (χ0n) is 16.3. The zero-order chi connectivity index (χ0) is 20.0. The Morgan fingerprint density at radius 1 is 1.14 bits per heavy atom. The number of aromatic amines is 1. The number of ether oxygens (including phenoxy) is 1. The maximum atomic E-state index is 13.0. The summed E-state index contributed by atoms with van der Waals surface area (Å²) >= 11 is 0. The highest BCUT2D eigenvalue weighted by Gasteiger charge is 2.25. The van der Waals surface area contributed by atoms with Gasteiger partial charge in [0.15, 0.2) is 5.82 Å². The highest BCUT2D eigenvalue weighted by atomic mass is 16.5. The second-order valence-corrected chi connectivity index (χ2v) is 7.11. The topological polar surface area (TPSA) is 91.7 Å². The highest BCUT2D eigenvalue weighted by molar-refractivity contribution is 5.98. The number of fused-ring (bicyclic) bond motifs is 2. The molecule has 29 heavy (non-hydrogen) atoms. The lowest BCUT2D eigenvalue weighted by Crippen LogP contribution is -2.49. The molecule has 0 spiro atoms. The predicted octanol–water partition coefficient (Wildman–Crippen LogP) is 1.89. The van der Waals surface area contributed by atoms with Gasteiger partial charge in [0.25, 0.3) is 5.91 Å². The molecule has 1 aliphatic heterocycles. The van der Waals surface area contributed by atoms with Gasteiger partial charge in [0.05, 0.1) is 7.11 Å². The average Bonchev–Trinajstić information content (AvgIpc) is 3.36. The van der Waals surface area contributed by atoms with Crippen LogP contribution in [-0.2, 0) is 0 Å². The van der Waals surface area contributed by atoms with Gasteiger partial charge in [-0.05, 0) is 25.1 Å². The van der Waals surface area contributed by atoms with Crippen molar-refractivity contribution in [3.63, 3.8) is 0 Å².